The number of carbonyl (C=O) groups excluding carboxylic acids is 2. The Balaban J connectivity index is 1.44. The van der Waals surface area contributed by atoms with E-state index in [2.05, 4.69) is 0 Å². The number of carbonyl (C=O) groups is 2. The predicted octanol–water partition coefficient (Wildman–Crippen LogP) is 3.82. The van der Waals surface area contributed by atoms with E-state index in [4.69, 9.17) is 14.2 Å². The molecule has 0 N–H and O–H groups in total. The molecule has 0 aliphatic heterocycles. The molecule has 0 aromatic heterocycles. The molecule has 0 bridgehead atoms. The monoisotopic (exact) mass is 411 g/mol. The van der Waals surface area contributed by atoms with Crippen LogP contribution < -0.4 is 9.47 Å². The first kappa shape index (κ1) is 21.7. The topological polar surface area (TPSA) is 65.1 Å². The number of rotatable bonds is 10. The van der Waals surface area contributed by atoms with Gasteiger partial charge in [-0.2, -0.15) is 0 Å². The van der Waals surface area contributed by atoms with Gasteiger partial charge in [0.2, 0.25) is 0 Å². The van der Waals surface area contributed by atoms with Crippen molar-refractivity contribution >= 4 is 11.9 Å². The molecule has 3 rings (SSSR count). The molecule has 1 fully saturated rings. The predicted molar refractivity (Wildman–Crippen MR) is 114 cm³/mol. The highest BCUT2D eigenvalue weighted by atomic mass is 16.5. The number of ether oxygens (including phenoxy) is 3. The molecule has 1 saturated carbocycles. The fourth-order valence-electron chi connectivity index (χ4n) is 3.14. The number of amides is 1. The molecule has 0 atom stereocenters. The van der Waals surface area contributed by atoms with Gasteiger partial charge < -0.3 is 19.1 Å². The van der Waals surface area contributed by atoms with Crippen molar-refractivity contribution in [1.29, 1.82) is 0 Å². The van der Waals surface area contributed by atoms with Gasteiger partial charge in [-0.1, -0.05) is 24.3 Å². The van der Waals surface area contributed by atoms with Crippen molar-refractivity contribution in [1.82, 2.24) is 4.90 Å². The molecule has 1 aliphatic carbocycles. The minimum Gasteiger partial charge on any atom is -0.497 e. The minimum atomic E-state index is -0.436. The number of hydrogen-bond donors (Lipinski definition) is 0. The lowest BCUT2D eigenvalue weighted by Gasteiger charge is -2.22. The van der Waals surface area contributed by atoms with E-state index in [1.807, 2.05) is 56.3 Å². The molecular formula is C24H29NO5. The zero-order chi connectivity index (χ0) is 21.5. The molecule has 0 unspecified atom stereocenters. The number of nitrogens with zero attached hydrogens (tertiary/aromatic N) is 1. The van der Waals surface area contributed by atoms with Crippen molar-refractivity contribution in [3.63, 3.8) is 0 Å². The van der Waals surface area contributed by atoms with Crippen LogP contribution in [0.5, 0.6) is 11.5 Å². The van der Waals surface area contributed by atoms with Crippen molar-refractivity contribution in [3.8, 4) is 11.5 Å². The first-order valence-electron chi connectivity index (χ1n) is 10.2. The normalized spacial score (nSPS) is 12.9. The lowest BCUT2D eigenvalue weighted by molar-refractivity contribution is -0.153. The van der Waals surface area contributed by atoms with Crippen LogP contribution in [0.25, 0.3) is 0 Å². The van der Waals surface area contributed by atoms with E-state index in [9.17, 15) is 9.59 Å². The molecule has 0 saturated heterocycles. The second-order valence-corrected chi connectivity index (χ2v) is 7.63. The van der Waals surface area contributed by atoms with Gasteiger partial charge in [-0.05, 0) is 61.6 Å². The summed E-state index contributed by atoms with van der Waals surface area (Å²) in [5, 5.41) is 0. The summed E-state index contributed by atoms with van der Waals surface area (Å²) in [4.78, 5) is 26.5. The molecule has 1 aliphatic rings. The van der Waals surface area contributed by atoms with Gasteiger partial charge in [-0.15, -0.1) is 0 Å². The number of hydrogen-bond acceptors (Lipinski definition) is 5. The maximum atomic E-state index is 12.6. The van der Waals surface area contributed by atoms with Gasteiger partial charge in [0, 0.05) is 12.6 Å². The van der Waals surface area contributed by atoms with E-state index in [1.165, 1.54) is 0 Å². The van der Waals surface area contributed by atoms with Crippen LogP contribution >= 0.6 is 0 Å². The Hall–Kier alpha value is -3.02. The Morgan fingerprint density at radius 3 is 2.47 bits per heavy atom. The Labute approximate surface area is 177 Å². The van der Waals surface area contributed by atoms with Gasteiger partial charge >= 0.3 is 5.97 Å². The van der Waals surface area contributed by atoms with Gasteiger partial charge in [0.05, 0.1) is 20.1 Å². The van der Waals surface area contributed by atoms with E-state index >= 15 is 0 Å². The second kappa shape index (κ2) is 10.1. The van der Waals surface area contributed by atoms with Crippen LogP contribution in [0.3, 0.4) is 0 Å². The summed E-state index contributed by atoms with van der Waals surface area (Å²) in [5.41, 5.74) is 3.13. The van der Waals surface area contributed by atoms with Gasteiger partial charge in [0.1, 0.15) is 11.5 Å². The first-order chi connectivity index (χ1) is 14.5. The number of methoxy groups -OCH3 is 1. The van der Waals surface area contributed by atoms with E-state index in [0.29, 0.717) is 6.54 Å². The van der Waals surface area contributed by atoms with E-state index in [0.717, 1.165) is 41.0 Å². The quantitative estimate of drug-likeness (QED) is 0.556. The lowest BCUT2D eigenvalue weighted by atomic mass is 10.1. The smallest absolute Gasteiger partial charge is 0.309 e. The number of aryl methyl sites for hydroxylation is 2. The molecule has 2 aromatic carbocycles. The molecule has 0 spiro atoms. The van der Waals surface area contributed by atoms with Crippen LogP contribution in [0, 0.1) is 13.8 Å². The molecule has 160 valence electrons. The molecule has 6 heteroatoms. The van der Waals surface area contributed by atoms with Crippen LogP contribution in [0.4, 0.5) is 0 Å². The Bertz CT molecular complexity index is 874. The molecular weight excluding hydrogens is 382 g/mol. The Morgan fingerprint density at radius 2 is 1.80 bits per heavy atom. The average Bonchev–Trinajstić information content (AvgIpc) is 3.58. The third-order valence-electron chi connectivity index (χ3n) is 5.08. The summed E-state index contributed by atoms with van der Waals surface area (Å²) < 4.78 is 16.1. The zero-order valence-electron chi connectivity index (χ0n) is 17.8. The number of esters is 1. The van der Waals surface area contributed by atoms with Gasteiger partial charge in [-0.25, -0.2) is 0 Å². The molecule has 30 heavy (non-hydrogen) atoms. The van der Waals surface area contributed by atoms with Crippen molar-refractivity contribution in [3.05, 3.63) is 59.2 Å². The zero-order valence-corrected chi connectivity index (χ0v) is 17.8. The highest BCUT2D eigenvalue weighted by Gasteiger charge is 2.32. The Kier molecular flexibility index (Phi) is 7.33. The fourth-order valence-corrected chi connectivity index (χ4v) is 3.14. The van der Waals surface area contributed by atoms with Crippen molar-refractivity contribution in [2.75, 3.05) is 20.3 Å². The van der Waals surface area contributed by atoms with Crippen molar-refractivity contribution in [2.45, 2.75) is 45.7 Å². The number of benzene rings is 2. The summed E-state index contributed by atoms with van der Waals surface area (Å²) in [6.45, 7) is 4.43. The van der Waals surface area contributed by atoms with Crippen LogP contribution in [-0.4, -0.2) is 43.1 Å². The fraction of sp³-hybridized carbons (Fsp3) is 0.417. The summed E-state index contributed by atoms with van der Waals surface area (Å²) in [7, 11) is 1.62. The average molecular weight is 411 g/mol. The molecule has 0 heterocycles. The van der Waals surface area contributed by atoms with Crippen LogP contribution in [-0.2, 0) is 20.9 Å². The second-order valence-electron chi connectivity index (χ2n) is 7.63. The summed E-state index contributed by atoms with van der Waals surface area (Å²) in [6, 6.07) is 13.8. The Morgan fingerprint density at radius 1 is 1.07 bits per heavy atom. The molecule has 2 aromatic rings. The standard InChI is InChI=1S/C24H29NO5/c1-17-4-5-18(2)22(14-17)29-13-12-24(27)30-16-23(26)25(20-8-9-20)15-19-6-10-21(28-3)11-7-19/h4-7,10-11,14,20H,8-9,12-13,15-16H2,1-3H3. The third-order valence-corrected chi connectivity index (χ3v) is 5.08. The minimum absolute atomic E-state index is 0.0998. The third kappa shape index (κ3) is 6.24. The van der Waals surface area contributed by atoms with Gasteiger partial charge in [0.15, 0.2) is 6.61 Å². The van der Waals surface area contributed by atoms with Crippen LogP contribution in [0.1, 0.15) is 36.0 Å². The van der Waals surface area contributed by atoms with Crippen molar-refractivity contribution < 1.29 is 23.8 Å². The highest BCUT2D eigenvalue weighted by molar-refractivity contribution is 5.81. The summed E-state index contributed by atoms with van der Waals surface area (Å²) in [5.74, 6) is 0.935. The molecule has 1 amide bonds. The van der Waals surface area contributed by atoms with Crippen molar-refractivity contribution in [2.24, 2.45) is 0 Å². The van der Waals surface area contributed by atoms with Gasteiger partial charge in [0.25, 0.3) is 5.91 Å². The SMILES string of the molecule is COc1ccc(CN(C(=O)COC(=O)CCOc2cc(C)ccc2C)C2CC2)cc1. The lowest BCUT2D eigenvalue weighted by Crippen LogP contribution is -2.36. The summed E-state index contributed by atoms with van der Waals surface area (Å²) >= 11 is 0. The maximum absolute atomic E-state index is 12.6. The van der Waals surface area contributed by atoms with E-state index in [1.54, 1.807) is 12.0 Å². The van der Waals surface area contributed by atoms with Crippen LogP contribution in [0.2, 0.25) is 0 Å². The maximum Gasteiger partial charge on any atom is 0.309 e. The molecule has 6 nitrogen and oxygen atoms in total. The van der Waals surface area contributed by atoms with Gasteiger partial charge in [-0.3, -0.25) is 9.59 Å². The summed E-state index contributed by atoms with van der Waals surface area (Å²) in [6.07, 6.45) is 2.07. The van der Waals surface area contributed by atoms with E-state index < -0.39 is 5.97 Å². The highest BCUT2D eigenvalue weighted by Crippen LogP contribution is 2.29. The largest absolute Gasteiger partial charge is 0.497 e. The van der Waals surface area contributed by atoms with Crippen LogP contribution in [0.15, 0.2) is 42.5 Å². The molecule has 0 radical (unpaired) electrons. The first-order valence-corrected chi connectivity index (χ1v) is 10.2. The van der Waals surface area contributed by atoms with E-state index in [-0.39, 0.29) is 31.6 Å².